The van der Waals surface area contributed by atoms with Gasteiger partial charge in [-0.2, -0.15) is 0 Å². The third kappa shape index (κ3) is 4.77. The summed E-state index contributed by atoms with van der Waals surface area (Å²) in [4.78, 5) is 16.4. The van der Waals surface area contributed by atoms with Crippen LogP contribution >= 0.6 is 0 Å². The summed E-state index contributed by atoms with van der Waals surface area (Å²) in [6, 6.07) is 13.2. The molecule has 0 atom stereocenters. The number of aromatic nitrogens is 4. The Morgan fingerprint density at radius 2 is 1.81 bits per heavy atom. The van der Waals surface area contributed by atoms with E-state index in [1.165, 1.54) is 6.07 Å². The molecule has 0 unspecified atom stereocenters. The monoisotopic (exact) mass is 435 g/mol. The number of hydrogen-bond acceptors (Lipinski definition) is 5. The molecule has 7 nitrogen and oxygen atoms in total. The molecule has 4 aromatic rings. The van der Waals surface area contributed by atoms with Gasteiger partial charge in [-0.15, -0.1) is 10.2 Å². The Bertz CT molecular complexity index is 1250. The first-order valence-electron chi connectivity index (χ1n) is 9.75. The van der Waals surface area contributed by atoms with E-state index in [1.54, 1.807) is 42.7 Å². The first-order chi connectivity index (χ1) is 15.4. The SMILES string of the molecule is Cc1ncn(-c2ccc(Oc3ccc(NC(=O)Cc4ccc(F)cc4F)cc3)nn2)c1C. The topological polar surface area (TPSA) is 81.9 Å². The van der Waals surface area contributed by atoms with E-state index in [9.17, 15) is 13.6 Å². The molecule has 4 rings (SSSR count). The van der Waals surface area contributed by atoms with E-state index in [0.29, 0.717) is 23.1 Å². The molecule has 1 amide bonds. The number of imidazole rings is 1. The molecule has 0 saturated carbocycles. The van der Waals surface area contributed by atoms with Crippen LogP contribution in [0.2, 0.25) is 0 Å². The zero-order chi connectivity index (χ0) is 22.7. The number of rotatable bonds is 6. The number of hydrogen-bond donors (Lipinski definition) is 1. The maximum atomic E-state index is 13.7. The summed E-state index contributed by atoms with van der Waals surface area (Å²) in [5.41, 5.74) is 2.53. The zero-order valence-corrected chi connectivity index (χ0v) is 17.3. The van der Waals surface area contributed by atoms with Crippen LogP contribution in [0.1, 0.15) is 17.0 Å². The standard InChI is InChI=1S/C23H19F2N5O2/c1-14-15(2)30(13-26-14)21-9-10-23(29-28-21)32-19-7-5-18(6-8-19)27-22(31)11-16-3-4-17(24)12-20(16)25/h3-10,12-13H,11H2,1-2H3,(H,27,31). The summed E-state index contributed by atoms with van der Waals surface area (Å²) in [7, 11) is 0. The van der Waals surface area contributed by atoms with Crippen molar-refractivity contribution >= 4 is 11.6 Å². The Morgan fingerprint density at radius 1 is 1.03 bits per heavy atom. The summed E-state index contributed by atoms with van der Waals surface area (Å²) < 4.78 is 34.2. The molecule has 9 heteroatoms. The highest BCUT2D eigenvalue weighted by Gasteiger charge is 2.10. The van der Waals surface area contributed by atoms with Crippen molar-refractivity contribution in [3.8, 4) is 17.4 Å². The third-order valence-corrected chi connectivity index (χ3v) is 4.85. The van der Waals surface area contributed by atoms with Crippen LogP contribution in [0.15, 0.2) is 60.9 Å². The van der Waals surface area contributed by atoms with Crippen LogP contribution in [0.4, 0.5) is 14.5 Å². The number of ether oxygens (including phenoxy) is 1. The first-order valence-corrected chi connectivity index (χ1v) is 9.75. The summed E-state index contributed by atoms with van der Waals surface area (Å²) >= 11 is 0. The number of halogens is 2. The Balaban J connectivity index is 1.36. The van der Waals surface area contributed by atoms with E-state index in [0.717, 1.165) is 23.5 Å². The van der Waals surface area contributed by atoms with Gasteiger partial charge in [0.1, 0.15) is 23.7 Å². The van der Waals surface area contributed by atoms with Crippen LogP contribution in [0.25, 0.3) is 5.82 Å². The average Bonchev–Trinajstić information content (AvgIpc) is 3.10. The molecule has 2 aromatic heterocycles. The maximum absolute atomic E-state index is 13.7. The lowest BCUT2D eigenvalue weighted by molar-refractivity contribution is -0.115. The molecule has 0 aliphatic heterocycles. The van der Waals surface area contributed by atoms with Gasteiger partial charge in [-0.1, -0.05) is 6.07 Å². The fourth-order valence-corrected chi connectivity index (χ4v) is 3.00. The quantitative estimate of drug-likeness (QED) is 0.481. The number of nitrogens with zero attached hydrogens (tertiary/aromatic N) is 4. The first kappa shape index (κ1) is 21.1. The molecule has 2 heterocycles. The molecule has 0 aliphatic rings. The van der Waals surface area contributed by atoms with Gasteiger partial charge < -0.3 is 10.1 Å². The Kier molecular flexibility index (Phi) is 5.89. The maximum Gasteiger partial charge on any atom is 0.238 e. The number of carbonyl (C=O) groups excluding carboxylic acids is 1. The van der Waals surface area contributed by atoms with Gasteiger partial charge in [-0.25, -0.2) is 13.8 Å². The second-order valence-corrected chi connectivity index (χ2v) is 7.10. The van der Waals surface area contributed by atoms with Crippen LogP contribution in [-0.2, 0) is 11.2 Å². The summed E-state index contributed by atoms with van der Waals surface area (Å²) in [5, 5.41) is 10.9. The largest absolute Gasteiger partial charge is 0.438 e. The van der Waals surface area contributed by atoms with Crippen molar-refractivity contribution in [3.63, 3.8) is 0 Å². The Hall–Kier alpha value is -4.14. The van der Waals surface area contributed by atoms with Gasteiger partial charge in [0.25, 0.3) is 0 Å². The lowest BCUT2D eigenvalue weighted by Gasteiger charge is -2.09. The van der Waals surface area contributed by atoms with E-state index in [2.05, 4.69) is 20.5 Å². The van der Waals surface area contributed by atoms with Crippen LogP contribution in [0.5, 0.6) is 11.6 Å². The molecule has 0 saturated heterocycles. The van der Waals surface area contributed by atoms with Crippen molar-refractivity contribution in [1.29, 1.82) is 0 Å². The summed E-state index contributed by atoms with van der Waals surface area (Å²) in [6.45, 7) is 3.87. The number of anilines is 1. The molecule has 0 bridgehead atoms. The normalized spacial score (nSPS) is 10.8. The number of nitrogens with one attached hydrogen (secondary N) is 1. The fourth-order valence-electron chi connectivity index (χ4n) is 3.00. The number of carbonyl (C=O) groups is 1. The van der Waals surface area contributed by atoms with Crippen molar-refractivity contribution in [2.45, 2.75) is 20.3 Å². The Labute approximate surface area is 182 Å². The van der Waals surface area contributed by atoms with Gasteiger partial charge in [-0.3, -0.25) is 9.36 Å². The van der Waals surface area contributed by atoms with Crippen LogP contribution in [0, 0.1) is 25.5 Å². The van der Waals surface area contributed by atoms with Crippen LogP contribution < -0.4 is 10.1 Å². The van der Waals surface area contributed by atoms with Gasteiger partial charge >= 0.3 is 0 Å². The second-order valence-electron chi connectivity index (χ2n) is 7.10. The van der Waals surface area contributed by atoms with Gasteiger partial charge in [0.2, 0.25) is 11.8 Å². The minimum Gasteiger partial charge on any atom is -0.438 e. The van der Waals surface area contributed by atoms with Crippen molar-refractivity contribution in [3.05, 3.63) is 89.5 Å². The molecular weight excluding hydrogens is 416 g/mol. The lowest BCUT2D eigenvalue weighted by Crippen LogP contribution is -2.15. The molecule has 0 fully saturated rings. The molecule has 2 aromatic carbocycles. The fraction of sp³-hybridized carbons (Fsp3) is 0.130. The van der Waals surface area contributed by atoms with Gasteiger partial charge in [-0.05, 0) is 55.8 Å². The number of benzene rings is 2. The van der Waals surface area contributed by atoms with E-state index < -0.39 is 17.5 Å². The number of amides is 1. The second kappa shape index (κ2) is 8.93. The van der Waals surface area contributed by atoms with E-state index >= 15 is 0 Å². The highest BCUT2D eigenvalue weighted by Crippen LogP contribution is 2.22. The smallest absolute Gasteiger partial charge is 0.238 e. The molecule has 0 aliphatic carbocycles. The van der Waals surface area contributed by atoms with Crippen molar-refractivity contribution in [2.24, 2.45) is 0 Å². The minimum absolute atomic E-state index is 0.118. The van der Waals surface area contributed by atoms with E-state index in [-0.39, 0.29) is 12.0 Å². The van der Waals surface area contributed by atoms with Crippen LogP contribution in [0.3, 0.4) is 0 Å². The highest BCUT2D eigenvalue weighted by atomic mass is 19.1. The van der Waals surface area contributed by atoms with Crippen LogP contribution in [-0.4, -0.2) is 25.7 Å². The van der Waals surface area contributed by atoms with Crippen molar-refractivity contribution in [2.75, 3.05) is 5.32 Å². The van der Waals surface area contributed by atoms with Crippen molar-refractivity contribution in [1.82, 2.24) is 19.7 Å². The molecule has 32 heavy (non-hydrogen) atoms. The molecule has 0 spiro atoms. The summed E-state index contributed by atoms with van der Waals surface area (Å²) in [6.07, 6.45) is 1.48. The lowest BCUT2D eigenvalue weighted by atomic mass is 10.1. The van der Waals surface area contributed by atoms with Gasteiger partial charge in [0.15, 0.2) is 5.82 Å². The van der Waals surface area contributed by atoms with Crippen molar-refractivity contribution < 1.29 is 18.3 Å². The summed E-state index contributed by atoms with van der Waals surface area (Å²) in [5.74, 6) is -0.416. The molecule has 1 N–H and O–H groups in total. The zero-order valence-electron chi connectivity index (χ0n) is 17.3. The van der Waals surface area contributed by atoms with E-state index in [4.69, 9.17) is 4.74 Å². The average molecular weight is 435 g/mol. The predicted octanol–water partition coefficient (Wildman–Crippen LogP) is 4.53. The molecular formula is C23H19F2N5O2. The minimum atomic E-state index is -0.755. The number of aryl methyl sites for hydroxylation is 1. The Morgan fingerprint density at radius 3 is 2.44 bits per heavy atom. The highest BCUT2D eigenvalue weighted by molar-refractivity contribution is 5.92. The van der Waals surface area contributed by atoms with Gasteiger partial charge in [0.05, 0.1) is 12.1 Å². The third-order valence-electron chi connectivity index (χ3n) is 4.85. The molecule has 162 valence electrons. The van der Waals surface area contributed by atoms with Gasteiger partial charge in [0, 0.05) is 23.5 Å². The molecule has 0 radical (unpaired) electrons. The van der Waals surface area contributed by atoms with E-state index in [1.807, 2.05) is 18.4 Å². The predicted molar refractivity (Wildman–Crippen MR) is 114 cm³/mol.